The van der Waals surface area contributed by atoms with E-state index in [2.05, 4.69) is 135 Å². The zero-order valence-electron chi connectivity index (χ0n) is 38.1. The van der Waals surface area contributed by atoms with E-state index in [1.54, 1.807) is 0 Å². The Labute approximate surface area is 336 Å². The smallest absolute Gasteiger partial charge is 0.376 e. The average molecular weight is 746 g/mol. The van der Waals surface area contributed by atoms with Gasteiger partial charge in [0.1, 0.15) is 0 Å². The van der Waals surface area contributed by atoms with Gasteiger partial charge >= 0.3 is 27.6 Å². The molecule has 0 unspecified atom stereocenters. The maximum absolute atomic E-state index is 5.00. The van der Waals surface area contributed by atoms with E-state index in [9.17, 15) is 0 Å². The summed E-state index contributed by atoms with van der Waals surface area (Å²) in [6, 6.07) is 0. The number of hydrazone groups is 2. The number of nitrogens with zero attached hydrogens (tertiary/aromatic N) is 13. The maximum atomic E-state index is 5.00. The Bertz CT molecular complexity index is 1040. The Balaban J connectivity index is -0.000000417. The quantitative estimate of drug-likeness (QED) is 0.0767. The molecule has 302 valence electrons. The van der Waals surface area contributed by atoms with Gasteiger partial charge in [-0.05, 0) is 136 Å². The average Bonchev–Trinajstić information content (AvgIpc) is 2.80. The van der Waals surface area contributed by atoms with Gasteiger partial charge in [-0.1, -0.05) is 59.4 Å². The molecule has 0 aromatic carbocycles. The Morgan fingerprint density at radius 2 is 0.654 bits per heavy atom. The fraction of sp³-hybridized carbons (Fsp3) is 0.892. The van der Waals surface area contributed by atoms with Gasteiger partial charge in [-0.15, -0.1) is 13.2 Å². The van der Waals surface area contributed by atoms with E-state index in [1.807, 2.05) is 92.4 Å². The van der Waals surface area contributed by atoms with Gasteiger partial charge in [-0.3, -0.25) is 14.6 Å². The molecule has 0 heterocycles. The number of rotatable bonds is 9. The minimum atomic E-state index is -3.70. The van der Waals surface area contributed by atoms with Crippen molar-refractivity contribution in [3.63, 3.8) is 0 Å². The van der Waals surface area contributed by atoms with Gasteiger partial charge < -0.3 is 10.5 Å². The van der Waals surface area contributed by atoms with Crippen LogP contribution in [0.15, 0.2) is 54.4 Å². The predicted molar refractivity (Wildman–Crippen MR) is 226 cm³/mol. The molecular formula is C37H84LiN13Si. The first-order valence-electron chi connectivity index (χ1n) is 17.4. The summed E-state index contributed by atoms with van der Waals surface area (Å²) in [5.74, 6) is 0. The summed E-state index contributed by atoms with van der Waals surface area (Å²) in [7, 11) is -3.70. The molecule has 0 aliphatic heterocycles. The van der Waals surface area contributed by atoms with Crippen LogP contribution < -0.4 is 18.9 Å². The number of hydrogen-bond donors (Lipinski definition) is 0. The van der Waals surface area contributed by atoms with Gasteiger partial charge in [0.15, 0.2) is 0 Å². The van der Waals surface area contributed by atoms with Gasteiger partial charge in [0, 0.05) is 35.6 Å². The molecule has 0 radical (unpaired) electrons. The summed E-state index contributed by atoms with van der Waals surface area (Å²) in [6.45, 7) is 63.6. The maximum Gasteiger partial charge on any atom is 1.00 e. The normalized spacial score (nSPS) is 13.5. The first-order chi connectivity index (χ1) is 21.8. The predicted octanol–water partition coefficient (Wildman–Crippen LogP) is 9.15. The van der Waals surface area contributed by atoms with Crippen LogP contribution in [0.1, 0.15) is 174 Å². The zero-order chi connectivity index (χ0) is 41.2. The topological polar surface area (TPSA) is 126 Å². The van der Waals surface area contributed by atoms with Crippen LogP contribution in [0.2, 0.25) is 0 Å². The van der Waals surface area contributed by atoms with Gasteiger partial charge in [-0.2, -0.15) is 20.4 Å². The van der Waals surface area contributed by atoms with Crippen molar-refractivity contribution >= 4 is 22.2 Å². The van der Waals surface area contributed by atoms with E-state index in [1.165, 1.54) is 0 Å². The second-order valence-electron chi connectivity index (χ2n) is 20.2. The van der Waals surface area contributed by atoms with Crippen molar-refractivity contribution in [3.05, 3.63) is 18.6 Å². The van der Waals surface area contributed by atoms with Gasteiger partial charge in [-0.25, -0.2) is 9.35 Å². The van der Waals surface area contributed by atoms with E-state index in [0.29, 0.717) is 0 Å². The van der Waals surface area contributed by atoms with Crippen molar-refractivity contribution in [2.75, 3.05) is 0 Å². The summed E-state index contributed by atoms with van der Waals surface area (Å²) in [6.07, 6.45) is 0. The molecular weight excluding hydrogens is 662 g/mol. The fourth-order valence-electron chi connectivity index (χ4n) is 3.99. The third kappa shape index (κ3) is 21.4. The number of hydrogen-bond acceptors (Lipinski definition) is 10. The molecule has 0 saturated carbocycles. The van der Waals surface area contributed by atoms with Crippen molar-refractivity contribution < 1.29 is 18.9 Å². The Hall–Kier alpha value is -2.31. The molecule has 52 heavy (non-hydrogen) atoms. The zero-order valence-corrected chi connectivity index (χ0v) is 39.1. The minimum absolute atomic E-state index is 0. The van der Waals surface area contributed by atoms with Crippen LogP contribution >= 0.6 is 0 Å². The molecule has 0 fully saturated rings. The van der Waals surface area contributed by atoms with Crippen LogP contribution in [-0.4, -0.2) is 85.2 Å². The molecule has 0 bridgehead atoms. The molecule has 0 aromatic rings. The summed E-state index contributed by atoms with van der Waals surface area (Å²) >= 11 is 0. The third-order valence-corrected chi connectivity index (χ3v) is 10.9. The molecule has 0 N–H and O–H groups in total. The molecule has 15 heteroatoms. The van der Waals surface area contributed by atoms with Gasteiger partial charge in [0.25, 0.3) is 0 Å². The van der Waals surface area contributed by atoms with E-state index in [0.717, 1.165) is 0 Å². The molecule has 0 aromatic heterocycles. The summed E-state index contributed by atoms with van der Waals surface area (Å²) in [5.41, 5.74) is 0.905. The first-order valence-corrected chi connectivity index (χ1v) is 19.2. The molecule has 0 rings (SSSR count). The molecule has 13 nitrogen and oxygen atoms in total. The van der Waals surface area contributed by atoms with Crippen molar-refractivity contribution in [3.8, 4) is 0 Å². The van der Waals surface area contributed by atoms with Crippen LogP contribution in [0.3, 0.4) is 0 Å². The standard InChI is InChI=1S/C26H58N10Si.C8H18N3.C2H4.CH4.Li/c1-21(2,3)29-31-35(25(13,14)15)37(33(27-19)23(7,8)9,34(28-20)24(10,11)12)36(26(16,17)18)32-30-22(4,5)6;1-7(2,3)9-11-10-8(4,5)6;1-2;;/h19-20H2,1-18H3;1-6H3;1-2H2;1H4;/q;-1;;;+1. The SMILES string of the molecule is C.C=C.C=NN(C(C)(C)C)[Si](N(N=C)C(C)(C)C)(N(N=NC(C)(C)C)C(C)(C)C)N(N=NC(C)(C)C)C(C)(C)C.CC(C)(C)N=N[N-]C(C)(C)C.[Li+]. The minimum Gasteiger partial charge on any atom is -0.376 e. The second-order valence-corrected chi connectivity index (χ2v) is 23.1. The molecule has 0 spiro atoms. The third-order valence-electron chi connectivity index (χ3n) is 5.52. The van der Waals surface area contributed by atoms with E-state index in [4.69, 9.17) is 30.9 Å². The van der Waals surface area contributed by atoms with Crippen LogP contribution in [0, 0.1) is 0 Å². The van der Waals surface area contributed by atoms with Crippen molar-refractivity contribution in [2.45, 2.75) is 218 Å². The fourth-order valence-corrected chi connectivity index (χ4v) is 9.37. The van der Waals surface area contributed by atoms with Crippen LogP contribution in [0.25, 0.3) is 5.43 Å². The molecule has 0 aliphatic rings. The van der Waals surface area contributed by atoms with Crippen molar-refractivity contribution in [2.24, 2.45) is 41.2 Å². The molecule has 0 aliphatic carbocycles. The largest absolute Gasteiger partial charge is 1.00 e. The molecule has 0 atom stereocenters. The van der Waals surface area contributed by atoms with E-state index in [-0.39, 0.29) is 37.4 Å². The Morgan fingerprint density at radius 3 is 0.808 bits per heavy atom. The van der Waals surface area contributed by atoms with Crippen molar-refractivity contribution in [1.29, 1.82) is 0 Å². The van der Waals surface area contributed by atoms with E-state index < -0.39 is 42.0 Å². The Morgan fingerprint density at radius 1 is 0.423 bits per heavy atom. The first kappa shape index (κ1) is 59.0. The van der Waals surface area contributed by atoms with Gasteiger partial charge in [0.2, 0.25) is 0 Å². The Kier molecular flexibility index (Phi) is 23.8. The van der Waals surface area contributed by atoms with Crippen LogP contribution in [-0.2, 0) is 0 Å². The molecule has 0 amide bonds. The van der Waals surface area contributed by atoms with Gasteiger partial charge in [0.05, 0.1) is 11.1 Å². The monoisotopic (exact) mass is 746 g/mol. The van der Waals surface area contributed by atoms with E-state index >= 15 is 0 Å². The summed E-state index contributed by atoms with van der Waals surface area (Å²) in [4.78, 5) is 0. The molecule has 0 saturated heterocycles. The van der Waals surface area contributed by atoms with Crippen molar-refractivity contribution in [1.82, 2.24) is 18.7 Å². The van der Waals surface area contributed by atoms with Crippen LogP contribution in [0.4, 0.5) is 0 Å². The summed E-state index contributed by atoms with van der Waals surface area (Å²) in [5, 5.41) is 36.7. The summed E-state index contributed by atoms with van der Waals surface area (Å²) < 4.78 is 8.16. The second kappa shape index (κ2) is 21.0. The van der Waals surface area contributed by atoms with Crippen LogP contribution in [0.5, 0.6) is 0 Å².